The summed E-state index contributed by atoms with van der Waals surface area (Å²) < 4.78 is 0. The summed E-state index contributed by atoms with van der Waals surface area (Å²) in [6.45, 7) is 2.82. The lowest BCUT2D eigenvalue weighted by Gasteiger charge is -2.16. The zero-order valence-corrected chi connectivity index (χ0v) is 14.2. The molecule has 0 saturated carbocycles. The summed E-state index contributed by atoms with van der Waals surface area (Å²) in [4.78, 5) is 18.6. The number of rotatable bonds is 4. The number of likely N-dealkylation sites (tertiary alicyclic amines) is 1. The molecule has 1 saturated heterocycles. The van der Waals surface area contributed by atoms with Crippen molar-refractivity contribution in [3.8, 4) is 11.1 Å². The summed E-state index contributed by atoms with van der Waals surface area (Å²) in [5, 5.41) is 18.8. The van der Waals surface area contributed by atoms with Gasteiger partial charge in [0.05, 0.1) is 0 Å². The fourth-order valence-electron chi connectivity index (χ4n) is 3.38. The number of aromatic nitrogens is 1. The number of nitrogens with two attached hydrogens (primary N) is 1. The van der Waals surface area contributed by atoms with Crippen LogP contribution in [0.3, 0.4) is 0 Å². The highest BCUT2D eigenvalue weighted by Crippen LogP contribution is 2.26. The van der Waals surface area contributed by atoms with Gasteiger partial charge in [-0.1, -0.05) is 12.1 Å². The van der Waals surface area contributed by atoms with Crippen LogP contribution in [-0.2, 0) is 0 Å². The number of amides is 1. The molecular weight excluding hydrogens is 318 g/mol. The molecule has 1 aliphatic rings. The molecule has 1 amide bonds. The standard InChI is InChI=1S/C19H23N3O3/c1-12-17(6-7-18(20)21-12)13-2-4-14(5-3-13)19(25)22-8-15(10-23)16(9-22)11-24/h2-7,15-16,23-24H,8-11H2,1H3,(H2,20,21). The first-order valence-corrected chi connectivity index (χ1v) is 8.38. The van der Waals surface area contributed by atoms with Crippen LogP contribution in [0.2, 0.25) is 0 Å². The monoisotopic (exact) mass is 341 g/mol. The van der Waals surface area contributed by atoms with Crippen molar-refractivity contribution in [2.24, 2.45) is 11.8 Å². The van der Waals surface area contributed by atoms with E-state index < -0.39 is 0 Å². The second-order valence-corrected chi connectivity index (χ2v) is 6.54. The van der Waals surface area contributed by atoms with Crippen molar-refractivity contribution in [1.29, 1.82) is 0 Å². The van der Waals surface area contributed by atoms with Crippen LogP contribution in [0.15, 0.2) is 36.4 Å². The Balaban J connectivity index is 1.77. The Hall–Kier alpha value is -2.44. The number of nitrogen functional groups attached to an aromatic ring is 1. The van der Waals surface area contributed by atoms with E-state index >= 15 is 0 Å². The summed E-state index contributed by atoms with van der Waals surface area (Å²) in [6, 6.07) is 11.1. The third-order valence-corrected chi connectivity index (χ3v) is 4.88. The average molecular weight is 341 g/mol. The minimum atomic E-state index is -0.0758. The minimum absolute atomic E-state index is 0.0165. The van der Waals surface area contributed by atoms with Crippen LogP contribution in [0.1, 0.15) is 16.1 Å². The maximum absolute atomic E-state index is 12.7. The maximum atomic E-state index is 12.7. The number of carbonyl (C=O) groups is 1. The highest BCUT2D eigenvalue weighted by Gasteiger charge is 2.34. The summed E-state index contributed by atoms with van der Waals surface area (Å²) >= 11 is 0. The molecule has 6 heteroatoms. The second kappa shape index (κ2) is 7.21. The van der Waals surface area contributed by atoms with Crippen molar-refractivity contribution in [2.75, 3.05) is 32.0 Å². The second-order valence-electron chi connectivity index (χ2n) is 6.54. The van der Waals surface area contributed by atoms with Crippen molar-refractivity contribution < 1.29 is 15.0 Å². The molecule has 2 aromatic rings. The third kappa shape index (κ3) is 3.50. The van der Waals surface area contributed by atoms with Gasteiger partial charge in [0.25, 0.3) is 5.91 Å². The quantitative estimate of drug-likeness (QED) is 0.779. The van der Waals surface area contributed by atoms with E-state index in [4.69, 9.17) is 5.73 Å². The molecule has 0 aliphatic carbocycles. The van der Waals surface area contributed by atoms with Crippen LogP contribution in [-0.4, -0.2) is 52.3 Å². The van der Waals surface area contributed by atoms with Gasteiger partial charge in [0, 0.05) is 55.0 Å². The number of anilines is 1. The van der Waals surface area contributed by atoms with Gasteiger partial charge < -0.3 is 20.8 Å². The smallest absolute Gasteiger partial charge is 0.253 e. The number of pyridine rings is 1. The van der Waals surface area contributed by atoms with Crippen molar-refractivity contribution in [3.63, 3.8) is 0 Å². The Kier molecular flexibility index (Phi) is 5.01. The van der Waals surface area contributed by atoms with Crippen molar-refractivity contribution in [1.82, 2.24) is 9.88 Å². The molecule has 4 N–H and O–H groups in total. The molecule has 3 rings (SSSR count). The van der Waals surface area contributed by atoms with Crippen molar-refractivity contribution in [3.05, 3.63) is 47.7 Å². The lowest BCUT2D eigenvalue weighted by Crippen LogP contribution is -2.29. The summed E-state index contributed by atoms with van der Waals surface area (Å²) in [5.41, 5.74) is 9.09. The van der Waals surface area contributed by atoms with E-state index in [0.717, 1.165) is 16.8 Å². The highest BCUT2D eigenvalue weighted by molar-refractivity contribution is 5.95. The summed E-state index contributed by atoms with van der Waals surface area (Å²) in [7, 11) is 0. The molecule has 0 radical (unpaired) electrons. The van der Waals surface area contributed by atoms with Gasteiger partial charge in [-0.05, 0) is 36.8 Å². The molecule has 0 bridgehead atoms. The van der Waals surface area contributed by atoms with Crippen LogP contribution < -0.4 is 5.73 Å². The Labute approximate surface area is 146 Å². The first-order valence-electron chi connectivity index (χ1n) is 8.38. The number of hydrogen-bond donors (Lipinski definition) is 3. The summed E-state index contributed by atoms with van der Waals surface area (Å²) in [5.74, 6) is 0.292. The average Bonchev–Trinajstić information content (AvgIpc) is 3.05. The number of benzene rings is 1. The fraction of sp³-hybridized carbons (Fsp3) is 0.368. The van der Waals surface area contributed by atoms with E-state index in [0.29, 0.717) is 24.5 Å². The van der Waals surface area contributed by atoms with Gasteiger partial charge >= 0.3 is 0 Å². The molecule has 1 aliphatic heterocycles. The fourth-order valence-corrected chi connectivity index (χ4v) is 3.38. The van der Waals surface area contributed by atoms with Crippen LogP contribution in [0, 0.1) is 18.8 Å². The number of carbonyl (C=O) groups excluding carboxylic acids is 1. The molecule has 6 nitrogen and oxygen atoms in total. The number of nitrogens with zero attached hydrogens (tertiary/aromatic N) is 2. The van der Waals surface area contributed by atoms with Gasteiger partial charge in [-0.3, -0.25) is 4.79 Å². The molecule has 2 heterocycles. The van der Waals surface area contributed by atoms with Crippen LogP contribution in [0.4, 0.5) is 5.82 Å². The SMILES string of the molecule is Cc1nc(N)ccc1-c1ccc(C(=O)N2CC(CO)C(CO)C2)cc1. The Morgan fingerprint density at radius 1 is 1.12 bits per heavy atom. The van der Waals surface area contributed by atoms with Gasteiger partial charge in [-0.25, -0.2) is 4.98 Å². The number of hydrogen-bond acceptors (Lipinski definition) is 5. The van der Waals surface area contributed by atoms with E-state index in [-0.39, 0.29) is 31.0 Å². The predicted molar refractivity (Wildman–Crippen MR) is 95.9 cm³/mol. The summed E-state index contributed by atoms with van der Waals surface area (Å²) in [6.07, 6.45) is 0. The van der Waals surface area contributed by atoms with E-state index in [1.54, 1.807) is 23.1 Å². The maximum Gasteiger partial charge on any atom is 0.253 e. The largest absolute Gasteiger partial charge is 0.396 e. The van der Waals surface area contributed by atoms with Crippen LogP contribution >= 0.6 is 0 Å². The van der Waals surface area contributed by atoms with E-state index in [1.807, 2.05) is 25.1 Å². The van der Waals surface area contributed by atoms with E-state index in [9.17, 15) is 15.0 Å². The van der Waals surface area contributed by atoms with Crippen LogP contribution in [0.5, 0.6) is 0 Å². The molecule has 2 atom stereocenters. The van der Waals surface area contributed by atoms with Crippen molar-refractivity contribution in [2.45, 2.75) is 6.92 Å². The topological polar surface area (TPSA) is 99.7 Å². The third-order valence-electron chi connectivity index (χ3n) is 4.88. The van der Waals surface area contributed by atoms with Gasteiger partial charge in [0.1, 0.15) is 5.82 Å². The first-order chi connectivity index (χ1) is 12.0. The predicted octanol–water partition coefficient (Wildman–Crippen LogP) is 1.31. The van der Waals surface area contributed by atoms with Gasteiger partial charge in [-0.2, -0.15) is 0 Å². The molecule has 25 heavy (non-hydrogen) atoms. The Morgan fingerprint density at radius 2 is 1.72 bits per heavy atom. The number of aryl methyl sites for hydroxylation is 1. The van der Waals surface area contributed by atoms with Crippen LogP contribution in [0.25, 0.3) is 11.1 Å². The van der Waals surface area contributed by atoms with Crippen molar-refractivity contribution >= 4 is 11.7 Å². The molecular formula is C19H23N3O3. The Bertz CT molecular complexity index is 749. The van der Waals surface area contributed by atoms with E-state index in [1.165, 1.54) is 0 Å². The number of aliphatic hydroxyl groups is 2. The minimum Gasteiger partial charge on any atom is -0.396 e. The number of aliphatic hydroxyl groups excluding tert-OH is 2. The normalized spacial score (nSPS) is 20.0. The molecule has 0 spiro atoms. The molecule has 2 unspecified atom stereocenters. The van der Waals surface area contributed by atoms with Gasteiger partial charge in [0.15, 0.2) is 0 Å². The first kappa shape index (κ1) is 17.4. The van der Waals surface area contributed by atoms with Gasteiger partial charge in [0.2, 0.25) is 0 Å². The zero-order chi connectivity index (χ0) is 18.0. The molecule has 132 valence electrons. The molecule has 1 aromatic heterocycles. The molecule has 1 fully saturated rings. The molecule has 1 aromatic carbocycles. The Morgan fingerprint density at radius 3 is 2.24 bits per heavy atom. The van der Waals surface area contributed by atoms with E-state index in [2.05, 4.69) is 4.98 Å². The lowest BCUT2D eigenvalue weighted by atomic mass is 9.98. The highest BCUT2D eigenvalue weighted by atomic mass is 16.3. The lowest BCUT2D eigenvalue weighted by molar-refractivity contribution is 0.0778. The van der Waals surface area contributed by atoms with Gasteiger partial charge in [-0.15, -0.1) is 0 Å². The zero-order valence-electron chi connectivity index (χ0n) is 14.2.